The molecule has 0 saturated carbocycles. The highest BCUT2D eigenvalue weighted by molar-refractivity contribution is 5.96. The average molecular weight is 564 g/mol. The Balaban J connectivity index is 1.79. The number of aliphatic carboxylic acids is 1. The molecular weight excluding hydrogens is 526 g/mol. The van der Waals surface area contributed by atoms with Crippen LogP contribution in [0.25, 0.3) is 21.9 Å². The lowest BCUT2D eigenvalue weighted by Crippen LogP contribution is -2.63. The summed E-state index contributed by atoms with van der Waals surface area (Å²) >= 11 is 0. The first kappa shape index (κ1) is 31.1. The number of carboxylic acid groups (broad SMARTS) is 1. The van der Waals surface area contributed by atoms with E-state index in [4.69, 9.17) is 4.74 Å². The summed E-state index contributed by atoms with van der Waals surface area (Å²) in [4.78, 5) is 50.7. The Kier molecular flexibility index (Phi) is 10.4. The van der Waals surface area contributed by atoms with Crippen LogP contribution in [0.2, 0.25) is 0 Å². The van der Waals surface area contributed by atoms with Crippen molar-refractivity contribution in [2.75, 3.05) is 19.7 Å². The highest BCUT2D eigenvalue weighted by Crippen LogP contribution is 2.28. The van der Waals surface area contributed by atoms with Gasteiger partial charge in [0.15, 0.2) is 0 Å². The molecule has 218 valence electrons. The zero-order chi connectivity index (χ0) is 30.2. The van der Waals surface area contributed by atoms with Crippen LogP contribution in [-0.2, 0) is 25.5 Å². The van der Waals surface area contributed by atoms with E-state index in [0.29, 0.717) is 5.56 Å². The van der Waals surface area contributed by atoms with E-state index < -0.39 is 42.2 Å². The highest BCUT2D eigenvalue weighted by Gasteiger charge is 2.42. The molecular formula is C31H37N3O7. The SMILES string of the molecule is CCOC(=O)C(O)(CN(CC(C)C)C(=O)N[C@@H](Cc1ccc(-c2cccc3ccccc23)cc1)C(=O)O)NC(C)=O. The first-order chi connectivity index (χ1) is 19.4. The van der Waals surface area contributed by atoms with Gasteiger partial charge in [-0.25, -0.2) is 14.4 Å². The van der Waals surface area contributed by atoms with E-state index in [9.17, 15) is 29.4 Å². The number of carboxylic acids is 1. The molecule has 3 amide bonds. The Morgan fingerprint density at radius 1 is 0.976 bits per heavy atom. The fourth-order valence-electron chi connectivity index (χ4n) is 4.61. The molecule has 1 unspecified atom stereocenters. The lowest BCUT2D eigenvalue weighted by molar-refractivity contribution is -0.172. The lowest BCUT2D eigenvalue weighted by Gasteiger charge is -2.34. The second kappa shape index (κ2) is 13.8. The van der Waals surface area contributed by atoms with Gasteiger partial charge in [-0.05, 0) is 40.3 Å². The van der Waals surface area contributed by atoms with E-state index >= 15 is 0 Å². The van der Waals surface area contributed by atoms with E-state index in [0.717, 1.165) is 33.7 Å². The molecule has 10 nitrogen and oxygen atoms in total. The molecule has 0 bridgehead atoms. The minimum atomic E-state index is -2.51. The maximum Gasteiger partial charge on any atom is 0.361 e. The van der Waals surface area contributed by atoms with Crippen molar-refractivity contribution in [1.29, 1.82) is 0 Å². The van der Waals surface area contributed by atoms with Crippen molar-refractivity contribution in [3.05, 3.63) is 72.3 Å². The number of benzene rings is 3. The number of aliphatic hydroxyl groups is 1. The summed E-state index contributed by atoms with van der Waals surface area (Å²) in [6, 6.07) is 19.5. The topological polar surface area (TPSA) is 145 Å². The third-order valence-electron chi connectivity index (χ3n) is 6.38. The molecule has 2 atom stereocenters. The number of rotatable bonds is 12. The number of fused-ring (bicyclic) bond motifs is 1. The van der Waals surface area contributed by atoms with Gasteiger partial charge in [-0.3, -0.25) is 4.79 Å². The van der Waals surface area contributed by atoms with Crippen LogP contribution in [0.1, 0.15) is 33.3 Å². The average Bonchev–Trinajstić information content (AvgIpc) is 2.91. The monoisotopic (exact) mass is 563 g/mol. The number of hydrogen-bond donors (Lipinski definition) is 4. The van der Waals surface area contributed by atoms with E-state index in [-0.39, 0.29) is 25.5 Å². The summed E-state index contributed by atoms with van der Waals surface area (Å²) in [6.07, 6.45) is 0.000247. The van der Waals surface area contributed by atoms with Crippen LogP contribution in [0.15, 0.2) is 66.7 Å². The molecule has 0 aliphatic rings. The molecule has 0 aliphatic heterocycles. The predicted molar refractivity (Wildman–Crippen MR) is 155 cm³/mol. The van der Waals surface area contributed by atoms with Crippen molar-refractivity contribution in [2.24, 2.45) is 5.92 Å². The molecule has 0 saturated heterocycles. The van der Waals surface area contributed by atoms with Crippen molar-refractivity contribution in [2.45, 2.75) is 45.9 Å². The fraction of sp³-hybridized carbons (Fsp3) is 0.355. The Bertz CT molecular complexity index is 1380. The van der Waals surface area contributed by atoms with Gasteiger partial charge < -0.3 is 30.5 Å². The largest absolute Gasteiger partial charge is 0.480 e. The van der Waals surface area contributed by atoms with E-state index in [1.165, 1.54) is 6.92 Å². The van der Waals surface area contributed by atoms with Gasteiger partial charge in [0.2, 0.25) is 5.91 Å². The molecule has 3 aromatic carbocycles. The van der Waals surface area contributed by atoms with Crippen LogP contribution in [-0.4, -0.2) is 70.5 Å². The molecule has 0 spiro atoms. The lowest BCUT2D eigenvalue weighted by atomic mass is 9.96. The van der Waals surface area contributed by atoms with Crippen molar-refractivity contribution < 1.29 is 34.1 Å². The Hall–Kier alpha value is -4.44. The number of urea groups is 1. The van der Waals surface area contributed by atoms with Crippen molar-refractivity contribution in [3.8, 4) is 11.1 Å². The third-order valence-corrected chi connectivity index (χ3v) is 6.38. The smallest absolute Gasteiger partial charge is 0.361 e. The second-order valence-corrected chi connectivity index (χ2v) is 10.3. The van der Waals surface area contributed by atoms with Crippen molar-refractivity contribution in [3.63, 3.8) is 0 Å². The summed E-state index contributed by atoms with van der Waals surface area (Å²) in [7, 11) is 0. The molecule has 10 heteroatoms. The summed E-state index contributed by atoms with van der Waals surface area (Å²) < 4.78 is 4.90. The molecule has 3 aromatic rings. The Morgan fingerprint density at radius 2 is 1.63 bits per heavy atom. The quantitative estimate of drug-likeness (QED) is 0.195. The standard InChI is InChI=1S/C31H37N3O7/c1-5-41-29(38)31(40,33-21(4)35)19-34(18-20(2)3)30(39)32-27(28(36)37)17-22-13-15-24(16-14-22)26-12-8-10-23-9-6-7-11-25(23)26/h6-16,20,27,40H,5,17-19H2,1-4H3,(H,32,39)(H,33,35)(H,36,37)/t27-,31?/m0/s1. The van der Waals surface area contributed by atoms with Crippen molar-refractivity contribution >= 4 is 34.6 Å². The molecule has 0 heterocycles. The van der Waals surface area contributed by atoms with Gasteiger partial charge >= 0.3 is 18.0 Å². The van der Waals surface area contributed by atoms with Gasteiger partial charge in [-0.2, -0.15) is 0 Å². The normalized spacial score (nSPS) is 13.2. The zero-order valence-corrected chi connectivity index (χ0v) is 23.7. The number of nitrogens with zero attached hydrogens (tertiary/aromatic N) is 1. The van der Waals surface area contributed by atoms with E-state index in [1.807, 2.05) is 80.6 Å². The van der Waals surface area contributed by atoms with Gasteiger partial charge in [0, 0.05) is 19.9 Å². The summed E-state index contributed by atoms with van der Waals surface area (Å²) in [5.41, 5.74) is 0.207. The van der Waals surface area contributed by atoms with Crippen LogP contribution in [0, 0.1) is 5.92 Å². The van der Waals surface area contributed by atoms with Crippen molar-refractivity contribution in [1.82, 2.24) is 15.5 Å². The number of amides is 3. The minimum Gasteiger partial charge on any atom is -0.480 e. The van der Waals surface area contributed by atoms with E-state index in [1.54, 1.807) is 0 Å². The van der Waals surface area contributed by atoms with Crippen LogP contribution in [0.3, 0.4) is 0 Å². The number of carbonyl (C=O) groups is 4. The predicted octanol–water partition coefficient (Wildman–Crippen LogP) is 3.56. The zero-order valence-electron chi connectivity index (χ0n) is 23.7. The molecule has 0 aliphatic carbocycles. The van der Waals surface area contributed by atoms with Gasteiger partial charge in [-0.15, -0.1) is 0 Å². The summed E-state index contributed by atoms with van der Waals surface area (Å²) in [5, 5.41) is 27.7. The number of ether oxygens (including phenoxy) is 1. The highest BCUT2D eigenvalue weighted by atomic mass is 16.6. The summed E-state index contributed by atoms with van der Waals surface area (Å²) in [5.74, 6) is -3.18. The minimum absolute atomic E-state index is 0.000247. The van der Waals surface area contributed by atoms with Crippen LogP contribution in [0.4, 0.5) is 4.79 Å². The molecule has 4 N–H and O–H groups in total. The number of nitrogens with one attached hydrogen (secondary N) is 2. The van der Waals surface area contributed by atoms with E-state index in [2.05, 4.69) is 10.6 Å². The van der Waals surface area contributed by atoms with Crippen LogP contribution >= 0.6 is 0 Å². The molecule has 0 aromatic heterocycles. The number of esters is 1. The first-order valence-electron chi connectivity index (χ1n) is 13.5. The second-order valence-electron chi connectivity index (χ2n) is 10.3. The number of hydrogen-bond acceptors (Lipinski definition) is 6. The van der Waals surface area contributed by atoms with Crippen LogP contribution in [0.5, 0.6) is 0 Å². The van der Waals surface area contributed by atoms with Crippen LogP contribution < -0.4 is 10.6 Å². The first-order valence-corrected chi connectivity index (χ1v) is 13.5. The summed E-state index contributed by atoms with van der Waals surface area (Å²) in [6.45, 7) is 5.65. The molecule has 3 rings (SSSR count). The molecule has 41 heavy (non-hydrogen) atoms. The Labute approximate surface area is 239 Å². The Morgan fingerprint density at radius 3 is 2.24 bits per heavy atom. The number of carbonyl (C=O) groups excluding carboxylic acids is 3. The molecule has 0 fully saturated rings. The van der Waals surface area contributed by atoms with Gasteiger partial charge in [0.1, 0.15) is 6.04 Å². The van der Waals surface area contributed by atoms with Gasteiger partial charge in [0.25, 0.3) is 5.72 Å². The third kappa shape index (κ3) is 8.28. The van der Waals surface area contributed by atoms with Gasteiger partial charge in [-0.1, -0.05) is 80.6 Å². The van der Waals surface area contributed by atoms with Gasteiger partial charge in [0.05, 0.1) is 13.2 Å². The molecule has 0 radical (unpaired) electrons. The fourth-order valence-corrected chi connectivity index (χ4v) is 4.61. The maximum atomic E-state index is 13.3. The maximum absolute atomic E-state index is 13.3.